The first-order valence-corrected chi connectivity index (χ1v) is 9.46. The molecule has 0 rings (SSSR count). The van der Waals surface area contributed by atoms with Crippen molar-refractivity contribution in [3.63, 3.8) is 0 Å². The number of hydrogen-bond acceptors (Lipinski definition) is 6. The number of alkyl halides is 2. The second-order valence-electron chi connectivity index (χ2n) is 8.06. The van der Waals surface area contributed by atoms with E-state index in [-0.39, 0.29) is 14.6 Å². The molecule has 24 heavy (non-hydrogen) atoms. The van der Waals surface area contributed by atoms with E-state index < -0.39 is 22.7 Å². The molecule has 1 unspecified atom stereocenters. The maximum atomic E-state index is 9.10. The van der Waals surface area contributed by atoms with E-state index in [4.69, 9.17) is 30.6 Å². The fourth-order valence-corrected chi connectivity index (χ4v) is 1.35. The fourth-order valence-electron chi connectivity index (χ4n) is 0.127. The Kier molecular flexibility index (Phi) is 13.9. The summed E-state index contributed by atoms with van der Waals surface area (Å²) in [6.45, 7) is 13.9. The van der Waals surface area contributed by atoms with E-state index in [1.165, 1.54) is 0 Å². The molecule has 0 bridgehead atoms. The topological polar surface area (TPSA) is 121 Å². The van der Waals surface area contributed by atoms with Crippen LogP contribution in [0.5, 0.6) is 0 Å². The Morgan fingerprint density at radius 3 is 0.875 bits per heavy atom. The van der Waals surface area contributed by atoms with Crippen LogP contribution in [0.3, 0.4) is 0 Å². The first kappa shape index (κ1) is 30.0. The molecular weight excluding hydrogens is 495 g/mol. The van der Waals surface area contributed by atoms with Crippen molar-refractivity contribution in [3.05, 3.63) is 0 Å². The molecule has 0 aliphatic carbocycles. The predicted molar refractivity (Wildman–Crippen MR) is 98.0 cm³/mol. The van der Waals surface area contributed by atoms with Gasteiger partial charge in [-0.1, -0.05) is 41.5 Å². The van der Waals surface area contributed by atoms with Gasteiger partial charge in [-0.3, -0.25) is 0 Å². The third kappa shape index (κ3) is 14.4. The monoisotopic (exact) mass is 525 g/mol. The Hall–Kier alpha value is 1.21. The molecule has 0 aliphatic heterocycles. The zero-order valence-corrected chi connectivity index (χ0v) is 19.6. The van der Waals surface area contributed by atoms with E-state index in [1.807, 2.05) is 0 Å². The summed E-state index contributed by atoms with van der Waals surface area (Å²) in [6, 6.07) is 0. The van der Waals surface area contributed by atoms with Crippen molar-refractivity contribution in [3.8, 4) is 0 Å². The van der Waals surface area contributed by atoms with Crippen molar-refractivity contribution in [1.29, 1.82) is 0 Å². The Labute approximate surface area is 170 Å². The Morgan fingerprint density at radius 1 is 0.708 bits per heavy atom. The van der Waals surface area contributed by atoms with E-state index in [9.17, 15) is 0 Å². The normalized spacial score (nSPS) is 14.7. The summed E-state index contributed by atoms with van der Waals surface area (Å²) in [7, 11) is 0. The summed E-state index contributed by atoms with van der Waals surface area (Å²) in [6.07, 6.45) is -2.40. The van der Waals surface area contributed by atoms with Crippen LogP contribution < -0.4 is 0 Å². The zero-order valence-electron chi connectivity index (χ0n) is 15.5. The third-order valence-corrected chi connectivity index (χ3v) is 5.75. The van der Waals surface area contributed by atoms with Gasteiger partial charge >= 0.3 is 85.3 Å². The van der Waals surface area contributed by atoms with Gasteiger partial charge < -0.3 is 20.4 Å². The summed E-state index contributed by atoms with van der Waals surface area (Å²) in [4.78, 5) is 0. The van der Waals surface area contributed by atoms with Crippen LogP contribution in [0.1, 0.15) is 55.4 Å². The molecule has 0 aliphatic rings. The van der Waals surface area contributed by atoms with Crippen molar-refractivity contribution in [2.24, 2.45) is 16.2 Å². The summed E-state index contributed by atoms with van der Waals surface area (Å²) < 4.78 is -2.26. The van der Waals surface area contributed by atoms with Crippen LogP contribution in [-0.2, 0) is 15.5 Å². The number of hydrogen-bond donors (Lipinski definition) is 6. The molecule has 0 aromatic heterocycles. The van der Waals surface area contributed by atoms with E-state index in [0.717, 1.165) is 0 Å². The Morgan fingerprint density at radius 2 is 0.875 bits per heavy atom. The van der Waals surface area contributed by atoms with Crippen molar-refractivity contribution in [2.75, 3.05) is 0 Å². The first-order valence-electron chi connectivity index (χ1n) is 7.19. The SMILES string of the molecule is CC(C)(C)C(O)O.CC(C)(C)C(O)O.CC(C)([CH]([Ni])Br)C(O)(O)Br. The summed E-state index contributed by atoms with van der Waals surface area (Å²) in [5.41, 5.74) is -1.56. The minimum atomic E-state index is -1.91. The van der Waals surface area contributed by atoms with Gasteiger partial charge in [-0.15, -0.1) is 0 Å². The summed E-state index contributed by atoms with van der Waals surface area (Å²) in [5, 5.41) is 52.0. The third-order valence-electron chi connectivity index (χ3n) is 2.87. The molecular formula is C15H33Br2NiO6. The summed E-state index contributed by atoms with van der Waals surface area (Å²) in [5.74, 6) is 0. The standard InChI is InChI=1S/C5H9Br2O2.2C5H12O2.Ni/c1-4(2,3-6)5(7,8)9;2*1-5(2,3)4(6)7;/h3,8-9H,1-2H3;2*4,6-7H,1-3H3;. The number of halogens is 2. The van der Waals surface area contributed by atoms with E-state index in [0.29, 0.717) is 0 Å². The van der Waals surface area contributed by atoms with E-state index in [1.54, 1.807) is 55.4 Å². The second-order valence-corrected chi connectivity index (χ2v) is 11.3. The quantitative estimate of drug-likeness (QED) is 0.186. The molecule has 0 aromatic rings. The molecule has 0 aromatic carbocycles. The molecule has 6 nitrogen and oxygen atoms in total. The van der Waals surface area contributed by atoms with Crippen molar-refractivity contribution in [2.45, 2.75) is 76.5 Å². The molecule has 0 saturated heterocycles. The average Bonchev–Trinajstić information content (AvgIpc) is 2.25. The molecule has 0 amide bonds. The van der Waals surface area contributed by atoms with E-state index in [2.05, 4.69) is 47.3 Å². The molecule has 9 heteroatoms. The van der Waals surface area contributed by atoms with Gasteiger partial charge in [0.2, 0.25) is 0 Å². The molecule has 6 N–H and O–H groups in total. The first-order chi connectivity index (χ1) is 10.1. The molecule has 0 fully saturated rings. The van der Waals surface area contributed by atoms with Crippen molar-refractivity contribution in [1.82, 2.24) is 0 Å². The van der Waals surface area contributed by atoms with Gasteiger partial charge in [0.1, 0.15) is 0 Å². The van der Waals surface area contributed by atoms with Crippen molar-refractivity contribution < 1.29 is 46.1 Å². The van der Waals surface area contributed by atoms with Crippen LogP contribution in [0.25, 0.3) is 0 Å². The van der Waals surface area contributed by atoms with Gasteiger partial charge in [-0.25, -0.2) is 0 Å². The molecule has 1 atom stereocenters. The fraction of sp³-hybridized carbons (Fsp3) is 1.00. The predicted octanol–water partition coefficient (Wildman–Crippen LogP) is 2.00. The van der Waals surface area contributed by atoms with Crippen LogP contribution >= 0.6 is 31.9 Å². The van der Waals surface area contributed by atoms with Gasteiger partial charge in [0.15, 0.2) is 12.6 Å². The van der Waals surface area contributed by atoms with Crippen LogP contribution in [0.15, 0.2) is 0 Å². The van der Waals surface area contributed by atoms with Crippen LogP contribution in [-0.4, -0.2) is 51.7 Å². The second kappa shape index (κ2) is 11.1. The average molecular weight is 528 g/mol. The van der Waals surface area contributed by atoms with Crippen LogP contribution in [0.2, 0.25) is 0 Å². The van der Waals surface area contributed by atoms with E-state index >= 15 is 0 Å². The maximum absolute atomic E-state index is 9.10. The Balaban J connectivity index is -0.000000283. The minimum absolute atomic E-state index is 0.352. The molecule has 0 saturated carbocycles. The molecule has 0 radical (unpaired) electrons. The Bertz CT molecular complexity index is 310. The van der Waals surface area contributed by atoms with Gasteiger partial charge in [0.25, 0.3) is 0 Å². The molecule has 153 valence electrons. The van der Waals surface area contributed by atoms with Crippen molar-refractivity contribution >= 4 is 31.9 Å². The van der Waals surface area contributed by atoms with Gasteiger partial charge in [0, 0.05) is 10.8 Å². The molecule has 0 heterocycles. The van der Waals surface area contributed by atoms with Gasteiger partial charge in [0.05, 0.1) is 0 Å². The zero-order chi connectivity index (χ0) is 20.7. The number of rotatable bonds is 2. The number of aliphatic hydroxyl groups is 6. The van der Waals surface area contributed by atoms with Crippen LogP contribution in [0, 0.1) is 16.2 Å². The number of aliphatic hydroxyl groups excluding tert-OH is 2. The van der Waals surface area contributed by atoms with Gasteiger partial charge in [-0.05, 0) is 0 Å². The molecule has 0 spiro atoms. The van der Waals surface area contributed by atoms with Gasteiger partial charge in [-0.2, -0.15) is 0 Å². The summed E-state index contributed by atoms with van der Waals surface area (Å²) >= 11 is 10.4. The van der Waals surface area contributed by atoms with Crippen LogP contribution in [0.4, 0.5) is 0 Å².